The van der Waals surface area contributed by atoms with E-state index in [1.807, 2.05) is 19.3 Å². The lowest BCUT2D eigenvalue weighted by atomic mass is 10.4. The average molecular weight is 162 g/mol. The smallest absolute Gasteiger partial charge is 0.108 e. The van der Waals surface area contributed by atoms with E-state index >= 15 is 0 Å². The summed E-state index contributed by atoms with van der Waals surface area (Å²) in [5.74, 6) is 7.07. The van der Waals surface area contributed by atoms with E-state index < -0.39 is 0 Å². The van der Waals surface area contributed by atoms with Gasteiger partial charge in [-0.2, -0.15) is 0 Å². The van der Waals surface area contributed by atoms with Crippen molar-refractivity contribution in [3.63, 3.8) is 0 Å². The fourth-order valence-corrected chi connectivity index (χ4v) is 1.16. The summed E-state index contributed by atoms with van der Waals surface area (Å²) in [4.78, 5) is 4.23. The molecule has 1 rings (SSSR count). The molecule has 0 aliphatic rings. The molecule has 0 aliphatic carbocycles. The zero-order valence-electron chi connectivity index (χ0n) is 7.67. The molecule has 0 fully saturated rings. The van der Waals surface area contributed by atoms with E-state index in [1.165, 1.54) is 0 Å². The molecule has 0 amide bonds. The van der Waals surface area contributed by atoms with Gasteiger partial charge in [0.2, 0.25) is 0 Å². The molecule has 0 atom stereocenters. The predicted octanol–water partition coefficient (Wildman–Crippen LogP) is 1.86. The molecule has 12 heavy (non-hydrogen) atoms. The quantitative estimate of drug-likeness (QED) is 0.620. The Balaban J connectivity index is 2.54. The van der Waals surface area contributed by atoms with Crippen LogP contribution in [0, 0.1) is 11.8 Å². The van der Waals surface area contributed by atoms with Gasteiger partial charge in [0.15, 0.2) is 0 Å². The van der Waals surface area contributed by atoms with Crippen molar-refractivity contribution in [2.24, 2.45) is 0 Å². The van der Waals surface area contributed by atoms with Crippen LogP contribution in [-0.4, -0.2) is 9.55 Å². The predicted molar refractivity (Wildman–Crippen MR) is 49.7 cm³/mol. The Hall–Kier alpha value is -1.23. The summed E-state index contributed by atoms with van der Waals surface area (Å²) in [7, 11) is 0. The SMILES string of the molecule is CC#CCCn1ccnc1CC. The Kier molecular flexibility index (Phi) is 3.40. The first kappa shape index (κ1) is 8.86. The summed E-state index contributed by atoms with van der Waals surface area (Å²) in [5.41, 5.74) is 0. The van der Waals surface area contributed by atoms with Crippen LogP contribution in [0.4, 0.5) is 0 Å². The maximum Gasteiger partial charge on any atom is 0.108 e. The lowest BCUT2D eigenvalue weighted by Gasteiger charge is -2.01. The van der Waals surface area contributed by atoms with Gasteiger partial charge in [-0.25, -0.2) is 4.98 Å². The van der Waals surface area contributed by atoms with Gasteiger partial charge < -0.3 is 4.57 Å². The number of nitrogens with zero attached hydrogens (tertiary/aromatic N) is 2. The second-order valence-corrected chi connectivity index (χ2v) is 2.57. The zero-order valence-corrected chi connectivity index (χ0v) is 7.67. The van der Waals surface area contributed by atoms with Crippen LogP contribution in [0.2, 0.25) is 0 Å². The Bertz CT molecular complexity index is 288. The highest BCUT2D eigenvalue weighted by Gasteiger charge is 1.96. The van der Waals surface area contributed by atoms with Crippen molar-refractivity contribution in [3.8, 4) is 11.8 Å². The lowest BCUT2D eigenvalue weighted by Crippen LogP contribution is -2.01. The molecule has 1 aromatic rings. The highest BCUT2D eigenvalue weighted by molar-refractivity contribution is 4.97. The lowest BCUT2D eigenvalue weighted by molar-refractivity contribution is 0.673. The van der Waals surface area contributed by atoms with Crippen LogP contribution in [0.15, 0.2) is 12.4 Å². The second-order valence-electron chi connectivity index (χ2n) is 2.57. The second kappa shape index (κ2) is 4.61. The van der Waals surface area contributed by atoms with Crippen LogP contribution in [-0.2, 0) is 13.0 Å². The Labute approximate surface area is 73.6 Å². The number of hydrogen-bond acceptors (Lipinski definition) is 1. The molecule has 1 aromatic heterocycles. The van der Waals surface area contributed by atoms with Gasteiger partial charge in [-0.3, -0.25) is 0 Å². The van der Waals surface area contributed by atoms with Crippen LogP contribution >= 0.6 is 0 Å². The summed E-state index contributed by atoms with van der Waals surface area (Å²) < 4.78 is 2.16. The van der Waals surface area contributed by atoms with E-state index in [0.717, 1.165) is 25.2 Å². The van der Waals surface area contributed by atoms with Gasteiger partial charge in [0.05, 0.1) is 0 Å². The van der Waals surface area contributed by atoms with Gasteiger partial charge in [-0.15, -0.1) is 11.8 Å². The van der Waals surface area contributed by atoms with Crippen molar-refractivity contribution in [1.29, 1.82) is 0 Å². The zero-order chi connectivity index (χ0) is 8.81. The monoisotopic (exact) mass is 162 g/mol. The van der Waals surface area contributed by atoms with E-state index in [1.54, 1.807) is 0 Å². The molecule has 0 aliphatic heterocycles. The van der Waals surface area contributed by atoms with Crippen LogP contribution in [0.3, 0.4) is 0 Å². The van der Waals surface area contributed by atoms with E-state index in [0.29, 0.717) is 0 Å². The first-order valence-electron chi connectivity index (χ1n) is 4.28. The van der Waals surface area contributed by atoms with Gasteiger partial charge in [-0.1, -0.05) is 6.92 Å². The number of hydrogen-bond donors (Lipinski definition) is 0. The van der Waals surface area contributed by atoms with Gasteiger partial charge in [-0.05, 0) is 6.92 Å². The van der Waals surface area contributed by atoms with Crippen molar-refractivity contribution >= 4 is 0 Å². The molecule has 64 valence electrons. The number of imidazole rings is 1. The minimum Gasteiger partial charge on any atom is -0.334 e. The molecule has 0 bridgehead atoms. The van der Waals surface area contributed by atoms with E-state index in [9.17, 15) is 0 Å². The minimum absolute atomic E-state index is 0.917. The molecule has 0 spiro atoms. The molecule has 0 saturated heterocycles. The standard InChI is InChI=1S/C10H14N2/c1-3-5-6-8-12-9-7-11-10(12)4-2/h7,9H,4,6,8H2,1-2H3. The van der Waals surface area contributed by atoms with Gasteiger partial charge in [0.25, 0.3) is 0 Å². The van der Waals surface area contributed by atoms with Crippen LogP contribution in [0.1, 0.15) is 26.1 Å². The number of rotatable bonds is 3. The van der Waals surface area contributed by atoms with Gasteiger partial charge >= 0.3 is 0 Å². The third-order valence-corrected chi connectivity index (χ3v) is 1.77. The van der Waals surface area contributed by atoms with Crippen LogP contribution in [0.5, 0.6) is 0 Å². The molecule has 0 unspecified atom stereocenters. The highest BCUT2D eigenvalue weighted by atomic mass is 15.1. The molecule has 0 aromatic carbocycles. The first-order chi connectivity index (χ1) is 5.88. The normalized spacial score (nSPS) is 9.17. The van der Waals surface area contributed by atoms with E-state index in [4.69, 9.17) is 0 Å². The fraction of sp³-hybridized carbons (Fsp3) is 0.500. The van der Waals surface area contributed by atoms with Crippen molar-refractivity contribution in [3.05, 3.63) is 18.2 Å². The third kappa shape index (κ3) is 2.13. The number of aromatic nitrogens is 2. The third-order valence-electron chi connectivity index (χ3n) is 1.77. The van der Waals surface area contributed by atoms with E-state index in [-0.39, 0.29) is 0 Å². The maximum absolute atomic E-state index is 4.23. The van der Waals surface area contributed by atoms with E-state index in [2.05, 4.69) is 28.3 Å². The van der Waals surface area contributed by atoms with Crippen molar-refractivity contribution in [2.45, 2.75) is 33.2 Å². The first-order valence-corrected chi connectivity index (χ1v) is 4.28. The Morgan fingerprint density at radius 2 is 2.42 bits per heavy atom. The molecule has 0 saturated carbocycles. The molecular weight excluding hydrogens is 148 g/mol. The summed E-state index contributed by atoms with van der Waals surface area (Å²) in [6.07, 6.45) is 5.76. The van der Waals surface area contributed by atoms with Crippen LogP contribution < -0.4 is 0 Å². The molecule has 1 heterocycles. The highest BCUT2D eigenvalue weighted by Crippen LogP contribution is 1.99. The fourth-order valence-electron chi connectivity index (χ4n) is 1.16. The topological polar surface area (TPSA) is 17.8 Å². The molecular formula is C10H14N2. The molecule has 0 radical (unpaired) electrons. The summed E-state index contributed by atoms with van der Waals surface area (Å²) in [6, 6.07) is 0. The number of aryl methyl sites for hydroxylation is 2. The Morgan fingerprint density at radius 1 is 1.58 bits per heavy atom. The van der Waals surface area contributed by atoms with Crippen molar-refractivity contribution in [2.75, 3.05) is 0 Å². The average Bonchev–Trinajstić information content (AvgIpc) is 2.52. The molecule has 2 nitrogen and oxygen atoms in total. The molecule has 2 heteroatoms. The Morgan fingerprint density at radius 3 is 3.08 bits per heavy atom. The summed E-state index contributed by atoms with van der Waals surface area (Å²) in [5, 5.41) is 0. The van der Waals surface area contributed by atoms with Crippen molar-refractivity contribution < 1.29 is 0 Å². The minimum atomic E-state index is 0.917. The van der Waals surface area contributed by atoms with Gasteiger partial charge in [0, 0.05) is 31.8 Å². The summed E-state index contributed by atoms with van der Waals surface area (Å²) >= 11 is 0. The van der Waals surface area contributed by atoms with Crippen molar-refractivity contribution in [1.82, 2.24) is 9.55 Å². The van der Waals surface area contributed by atoms with Crippen LogP contribution in [0.25, 0.3) is 0 Å². The van der Waals surface area contributed by atoms with Gasteiger partial charge in [0.1, 0.15) is 5.82 Å². The summed E-state index contributed by atoms with van der Waals surface area (Å²) in [6.45, 7) is 4.95. The molecule has 0 N–H and O–H groups in total. The maximum atomic E-state index is 4.23. The largest absolute Gasteiger partial charge is 0.334 e.